The molecule has 0 saturated carbocycles. The van der Waals surface area contributed by atoms with E-state index in [1.165, 1.54) is 11.1 Å². The standard InChI is InChI=1S/C31H37NO7/c1-5-39-31(36)26-18-32(16-24(26)15-29(33)34)17-25(12-20-10-21-8-6-7-9-22(21)11-20)30(35)23-13-27(37-3)19(2)28(14-23)38-4/h6-9,13-14,16,18,20,25,30,35H,5,10-12,15,17H2,1-4H3,(H,33,34)/t25-,30+/m0/s1. The molecule has 0 bridgehead atoms. The van der Waals surface area contributed by atoms with Gasteiger partial charge in [-0.25, -0.2) is 4.79 Å². The summed E-state index contributed by atoms with van der Waals surface area (Å²) in [7, 11) is 3.18. The van der Waals surface area contributed by atoms with E-state index in [4.69, 9.17) is 14.2 Å². The van der Waals surface area contributed by atoms with E-state index < -0.39 is 18.0 Å². The molecule has 2 aromatic carbocycles. The number of carboxylic acid groups (broad SMARTS) is 1. The first-order valence-corrected chi connectivity index (χ1v) is 13.3. The Morgan fingerprint density at radius 2 is 1.67 bits per heavy atom. The molecule has 0 fully saturated rings. The summed E-state index contributed by atoms with van der Waals surface area (Å²) in [5, 5.41) is 21.2. The van der Waals surface area contributed by atoms with Crippen LogP contribution in [-0.4, -0.2) is 47.5 Å². The van der Waals surface area contributed by atoms with Gasteiger partial charge in [0.25, 0.3) is 0 Å². The third kappa shape index (κ3) is 6.45. The lowest BCUT2D eigenvalue weighted by Gasteiger charge is -2.27. The van der Waals surface area contributed by atoms with Gasteiger partial charge in [-0.3, -0.25) is 4.79 Å². The average molecular weight is 536 g/mol. The van der Waals surface area contributed by atoms with Crippen molar-refractivity contribution < 1.29 is 34.0 Å². The summed E-state index contributed by atoms with van der Waals surface area (Å²) < 4.78 is 18.1. The van der Waals surface area contributed by atoms with Gasteiger partial charge in [-0.2, -0.15) is 0 Å². The predicted octanol–water partition coefficient (Wildman–Crippen LogP) is 4.77. The number of hydrogen-bond acceptors (Lipinski definition) is 6. The number of aromatic nitrogens is 1. The fourth-order valence-electron chi connectivity index (χ4n) is 5.73. The number of rotatable bonds is 12. The molecule has 0 saturated heterocycles. The zero-order chi connectivity index (χ0) is 28.1. The van der Waals surface area contributed by atoms with E-state index >= 15 is 0 Å². The third-order valence-corrected chi connectivity index (χ3v) is 7.58. The SMILES string of the molecule is CCOC(=O)c1cn(C[C@H](CC2Cc3ccccc3C2)[C@H](O)c2cc(OC)c(C)c(OC)c2)cc1CC(=O)O. The first-order valence-electron chi connectivity index (χ1n) is 13.3. The molecule has 3 aromatic rings. The normalized spacial score (nSPS) is 14.5. The summed E-state index contributed by atoms with van der Waals surface area (Å²) in [6, 6.07) is 12.1. The van der Waals surface area contributed by atoms with Gasteiger partial charge < -0.3 is 29.0 Å². The molecular formula is C31H37NO7. The molecule has 2 N–H and O–H groups in total. The largest absolute Gasteiger partial charge is 0.496 e. The van der Waals surface area contributed by atoms with E-state index in [2.05, 4.69) is 24.3 Å². The number of carbonyl (C=O) groups excluding carboxylic acids is 1. The minimum atomic E-state index is -1.03. The van der Waals surface area contributed by atoms with Crippen molar-refractivity contribution in [3.8, 4) is 11.5 Å². The van der Waals surface area contributed by atoms with Crippen molar-refractivity contribution in [2.75, 3.05) is 20.8 Å². The van der Waals surface area contributed by atoms with E-state index in [-0.39, 0.29) is 24.5 Å². The molecule has 0 aliphatic heterocycles. The summed E-state index contributed by atoms with van der Waals surface area (Å²) in [5.74, 6) is -0.216. The van der Waals surface area contributed by atoms with Crippen LogP contribution in [0.2, 0.25) is 0 Å². The zero-order valence-corrected chi connectivity index (χ0v) is 23.0. The number of benzene rings is 2. The van der Waals surface area contributed by atoms with Crippen molar-refractivity contribution in [1.29, 1.82) is 0 Å². The second-order valence-electron chi connectivity index (χ2n) is 10.2. The minimum Gasteiger partial charge on any atom is -0.496 e. The Morgan fingerprint density at radius 3 is 2.21 bits per heavy atom. The van der Waals surface area contributed by atoms with Gasteiger partial charge in [0.05, 0.1) is 38.9 Å². The number of aliphatic hydroxyl groups excluding tert-OH is 1. The summed E-state index contributed by atoms with van der Waals surface area (Å²) in [5.41, 5.74) is 4.83. The van der Waals surface area contributed by atoms with Crippen molar-refractivity contribution in [2.24, 2.45) is 11.8 Å². The molecule has 1 aromatic heterocycles. The molecule has 1 heterocycles. The Kier molecular flexibility index (Phi) is 8.97. The number of aliphatic hydroxyl groups is 1. The van der Waals surface area contributed by atoms with E-state index in [0.29, 0.717) is 35.1 Å². The van der Waals surface area contributed by atoms with E-state index in [1.807, 2.05) is 23.6 Å². The Morgan fingerprint density at radius 1 is 1.05 bits per heavy atom. The summed E-state index contributed by atoms with van der Waals surface area (Å²) in [6.07, 6.45) is 4.77. The van der Waals surface area contributed by atoms with Gasteiger partial charge >= 0.3 is 11.9 Å². The highest BCUT2D eigenvalue weighted by atomic mass is 16.5. The molecule has 1 aliphatic rings. The molecular weight excluding hydrogens is 498 g/mol. The molecule has 0 spiro atoms. The lowest BCUT2D eigenvalue weighted by molar-refractivity contribution is -0.136. The van der Waals surface area contributed by atoms with Crippen LogP contribution in [0, 0.1) is 18.8 Å². The second kappa shape index (κ2) is 12.4. The monoisotopic (exact) mass is 535 g/mol. The molecule has 8 nitrogen and oxygen atoms in total. The number of ether oxygens (including phenoxy) is 3. The maximum Gasteiger partial charge on any atom is 0.339 e. The van der Waals surface area contributed by atoms with Crippen LogP contribution in [0.25, 0.3) is 0 Å². The van der Waals surface area contributed by atoms with Gasteiger partial charge in [-0.1, -0.05) is 24.3 Å². The average Bonchev–Trinajstić information content (AvgIpc) is 3.51. The highest BCUT2D eigenvalue weighted by Gasteiger charge is 2.30. The maximum absolute atomic E-state index is 12.6. The number of fused-ring (bicyclic) bond motifs is 1. The lowest BCUT2D eigenvalue weighted by atomic mass is 9.85. The number of nitrogens with zero attached hydrogens (tertiary/aromatic N) is 1. The van der Waals surface area contributed by atoms with E-state index in [9.17, 15) is 19.8 Å². The van der Waals surface area contributed by atoms with Crippen molar-refractivity contribution in [3.63, 3.8) is 0 Å². The van der Waals surface area contributed by atoms with Crippen LogP contribution in [0.15, 0.2) is 48.8 Å². The summed E-state index contributed by atoms with van der Waals surface area (Å²) in [4.78, 5) is 24.1. The van der Waals surface area contributed by atoms with Crippen LogP contribution in [0.1, 0.15) is 57.6 Å². The number of carboxylic acids is 1. The second-order valence-corrected chi connectivity index (χ2v) is 10.2. The highest BCUT2D eigenvalue weighted by Crippen LogP contribution is 2.39. The molecule has 1 aliphatic carbocycles. The first-order chi connectivity index (χ1) is 18.7. The van der Waals surface area contributed by atoms with Gasteiger partial charge in [0.15, 0.2) is 0 Å². The Hall–Kier alpha value is -3.78. The molecule has 0 unspecified atom stereocenters. The van der Waals surface area contributed by atoms with Gasteiger partial charge in [0, 0.05) is 30.4 Å². The lowest BCUT2D eigenvalue weighted by Crippen LogP contribution is -2.22. The van der Waals surface area contributed by atoms with E-state index in [0.717, 1.165) is 24.8 Å². The number of esters is 1. The van der Waals surface area contributed by atoms with Crippen molar-refractivity contribution in [2.45, 2.75) is 52.2 Å². The topological polar surface area (TPSA) is 107 Å². The quantitative estimate of drug-likeness (QED) is 0.322. The Labute approximate surface area is 229 Å². The van der Waals surface area contributed by atoms with Crippen molar-refractivity contribution >= 4 is 11.9 Å². The van der Waals surface area contributed by atoms with Gasteiger partial charge in [-0.05, 0) is 73.4 Å². The third-order valence-electron chi connectivity index (χ3n) is 7.58. The minimum absolute atomic E-state index is 0.192. The molecule has 39 heavy (non-hydrogen) atoms. The number of methoxy groups -OCH3 is 2. The van der Waals surface area contributed by atoms with E-state index in [1.54, 1.807) is 33.5 Å². The highest BCUT2D eigenvalue weighted by molar-refractivity contribution is 5.92. The fourth-order valence-corrected chi connectivity index (χ4v) is 5.73. The summed E-state index contributed by atoms with van der Waals surface area (Å²) in [6.45, 7) is 4.19. The summed E-state index contributed by atoms with van der Waals surface area (Å²) >= 11 is 0. The molecule has 0 amide bonds. The van der Waals surface area contributed by atoms with Crippen molar-refractivity contribution in [3.05, 3.63) is 82.2 Å². The Balaban J connectivity index is 1.67. The van der Waals surface area contributed by atoms with Gasteiger partial charge in [-0.15, -0.1) is 0 Å². The smallest absolute Gasteiger partial charge is 0.339 e. The van der Waals surface area contributed by atoms with Crippen LogP contribution in [0.3, 0.4) is 0 Å². The fraction of sp³-hybridized carbons (Fsp3) is 0.419. The van der Waals surface area contributed by atoms with Gasteiger partial charge in [0.2, 0.25) is 0 Å². The van der Waals surface area contributed by atoms with Gasteiger partial charge in [0.1, 0.15) is 11.5 Å². The van der Waals surface area contributed by atoms with Crippen LogP contribution < -0.4 is 9.47 Å². The molecule has 8 heteroatoms. The molecule has 4 rings (SSSR count). The van der Waals surface area contributed by atoms with Crippen LogP contribution >= 0.6 is 0 Å². The zero-order valence-electron chi connectivity index (χ0n) is 23.0. The van der Waals surface area contributed by atoms with Crippen molar-refractivity contribution in [1.82, 2.24) is 4.57 Å². The van der Waals surface area contributed by atoms with Crippen LogP contribution in [0.5, 0.6) is 11.5 Å². The predicted molar refractivity (Wildman–Crippen MR) is 146 cm³/mol. The first kappa shape index (κ1) is 28.2. The van der Waals surface area contributed by atoms with Crippen LogP contribution in [0.4, 0.5) is 0 Å². The maximum atomic E-state index is 12.6. The number of hydrogen-bond donors (Lipinski definition) is 2. The molecule has 208 valence electrons. The molecule has 2 atom stereocenters. The molecule has 0 radical (unpaired) electrons. The number of carbonyl (C=O) groups is 2. The Bertz CT molecular complexity index is 1280. The number of aliphatic carboxylic acids is 1. The van der Waals surface area contributed by atoms with Crippen LogP contribution in [-0.2, 0) is 35.3 Å².